The van der Waals surface area contributed by atoms with Crippen LogP contribution in [0, 0.1) is 0 Å². The first-order chi connectivity index (χ1) is 13.5. The zero-order valence-corrected chi connectivity index (χ0v) is 18.9. The predicted molar refractivity (Wildman–Crippen MR) is 111 cm³/mol. The van der Waals surface area contributed by atoms with Crippen molar-refractivity contribution in [2.24, 2.45) is 0 Å². The van der Waals surface area contributed by atoms with Crippen molar-refractivity contribution in [1.82, 2.24) is 0 Å². The van der Waals surface area contributed by atoms with Crippen molar-refractivity contribution in [3.8, 4) is 0 Å². The lowest BCUT2D eigenvalue weighted by Crippen LogP contribution is -2.56. The number of hydrogen-bond acceptors (Lipinski definition) is 7. The van der Waals surface area contributed by atoms with Crippen LogP contribution in [0.4, 0.5) is 0 Å². The Morgan fingerprint density at radius 2 is 0.964 bits per heavy atom. The molecule has 0 aliphatic rings. The van der Waals surface area contributed by atoms with Gasteiger partial charge in [0.05, 0.1) is 18.8 Å². The van der Waals surface area contributed by atoms with Gasteiger partial charge in [-0.25, -0.2) is 0 Å². The molecule has 0 fully saturated rings. The molecule has 3 atom stereocenters. The molecule has 0 aliphatic carbocycles. The molecule has 0 spiro atoms. The third-order valence-electron chi connectivity index (χ3n) is 3.47. The summed E-state index contributed by atoms with van der Waals surface area (Å²) in [6.07, 6.45) is 6.45. The van der Waals surface area contributed by atoms with E-state index in [1.54, 1.807) is 0 Å². The average molecular weight is 419 g/mol. The van der Waals surface area contributed by atoms with Crippen molar-refractivity contribution >= 4 is 9.05 Å². The van der Waals surface area contributed by atoms with Gasteiger partial charge >= 0.3 is 9.05 Å². The second-order valence-corrected chi connectivity index (χ2v) is 7.85. The van der Waals surface area contributed by atoms with Crippen LogP contribution in [0.25, 0.3) is 0 Å². The Morgan fingerprint density at radius 1 is 0.643 bits per heavy atom. The van der Waals surface area contributed by atoms with Crippen molar-refractivity contribution in [3.63, 3.8) is 0 Å². The monoisotopic (exact) mass is 418 g/mol. The standard InChI is InChI=1S/C20H38O7Si/c1-8-15-18(21-11-4)25-28(24-14-7,26-19(16-9-2)22-12-5)27-20(17-10-3)23-13-6/h11-13,18-20H,4-6,8-10,14-17H2,1-3,7H3. The smallest absolute Gasteiger partial charge is 0.474 e. The highest BCUT2D eigenvalue weighted by Gasteiger charge is 2.52. The molecule has 0 rings (SSSR count). The highest BCUT2D eigenvalue weighted by molar-refractivity contribution is 6.53. The first-order valence-corrected chi connectivity index (χ1v) is 11.6. The topological polar surface area (TPSA) is 64.6 Å². The maximum atomic E-state index is 6.16. The molecule has 0 heterocycles. The summed E-state index contributed by atoms with van der Waals surface area (Å²) in [5.41, 5.74) is 0. The summed E-state index contributed by atoms with van der Waals surface area (Å²) in [7, 11) is -3.73. The summed E-state index contributed by atoms with van der Waals surface area (Å²) in [6, 6.07) is 0. The molecule has 0 aliphatic heterocycles. The van der Waals surface area contributed by atoms with Crippen molar-refractivity contribution in [2.75, 3.05) is 6.61 Å². The molecule has 164 valence electrons. The third kappa shape index (κ3) is 10.9. The lowest BCUT2D eigenvalue weighted by Gasteiger charge is -2.35. The second-order valence-electron chi connectivity index (χ2n) is 5.85. The van der Waals surface area contributed by atoms with Gasteiger partial charge in [0.15, 0.2) is 18.9 Å². The molecule has 3 unspecified atom stereocenters. The van der Waals surface area contributed by atoms with E-state index in [1.165, 1.54) is 18.8 Å². The first-order valence-electron chi connectivity index (χ1n) is 10.0. The molecule has 0 aromatic rings. The van der Waals surface area contributed by atoms with Crippen LogP contribution in [0.5, 0.6) is 0 Å². The molecule has 0 saturated carbocycles. The fraction of sp³-hybridized carbons (Fsp3) is 0.700. The molecule has 0 N–H and O–H groups in total. The van der Waals surface area contributed by atoms with Gasteiger partial charge in [-0.3, -0.25) is 0 Å². The summed E-state index contributed by atoms with van der Waals surface area (Å²) in [6.45, 7) is 19.1. The fourth-order valence-electron chi connectivity index (χ4n) is 2.34. The zero-order valence-electron chi connectivity index (χ0n) is 17.9. The van der Waals surface area contributed by atoms with Gasteiger partial charge in [0.2, 0.25) is 0 Å². The molecule has 0 aromatic carbocycles. The minimum Gasteiger partial charge on any atom is -0.474 e. The molecule has 0 radical (unpaired) electrons. The highest BCUT2D eigenvalue weighted by Crippen LogP contribution is 2.25. The van der Waals surface area contributed by atoms with Crippen molar-refractivity contribution in [3.05, 3.63) is 38.5 Å². The number of rotatable bonds is 20. The van der Waals surface area contributed by atoms with Crippen LogP contribution in [0.2, 0.25) is 0 Å². The van der Waals surface area contributed by atoms with Crippen LogP contribution in [-0.4, -0.2) is 34.5 Å². The van der Waals surface area contributed by atoms with E-state index in [-0.39, 0.29) is 0 Å². The van der Waals surface area contributed by atoms with Gasteiger partial charge in [0.25, 0.3) is 0 Å². The Bertz CT molecular complexity index is 364. The summed E-state index contributed by atoms with van der Waals surface area (Å²) < 4.78 is 40.9. The summed E-state index contributed by atoms with van der Waals surface area (Å²) in [5, 5.41) is 0. The van der Waals surface area contributed by atoms with E-state index in [0.717, 1.165) is 19.3 Å². The van der Waals surface area contributed by atoms with E-state index in [0.29, 0.717) is 25.9 Å². The van der Waals surface area contributed by atoms with Crippen LogP contribution in [-0.2, 0) is 31.9 Å². The third-order valence-corrected chi connectivity index (χ3v) is 5.76. The van der Waals surface area contributed by atoms with Gasteiger partial charge in [0.1, 0.15) is 0 Å². The van der Waals surface area contributed by atoms with E-state index in [4.69, 9.17) is 31.9 Å². The van der Waals surface area contributed by atoms with E-state index >= 15 is 0 Å². The lowest BCUT2D eigenvalue weighted by molar-refractivity contribution is -0.199. The molecule has 0 aromatic heterocycles. The molecule has 8 heteroatoms. The SMILES string of the molecule is C=COC(CCC)O[Si](OCC)(OC(CCC)OC=C)OC(CCC)OC=C. The molecular formula is C20H38O7Si. The van der Waals surface area contributed by atoms with E-state index in [9.17, 15) is 0 Å². The highest BCUT2D eigenvalue weighted by atomic mass is 28.4. The Morgan fingerprint density at radius 3 is 1.18 bits per heavy atom. The summed E-state index contributed by atoms with van der Waals surface area (Å²) in [5.74, 6) is 0. The molecule has 7 nitrogen and oxygen atoms in total. The molecule has 0 bridgehead atoms. The Labute approximate surface area is 171 Å². The van der Waals surface area contributed by atoms with Crippen LogP contribution in [0.3, 0.4) is 0 Å². The van der Waals surface area contributed by atoms with Crippen molar-refractivity contribution in [2.45, 2.75) is 85.1 Å². The maximum absolute atomic E-state index is 6.16. The average Bonchev–Trinajstić information content (AvgIpc) is 2.63. The molecule has 0 amide bonds. The van der Waals surface area contributed by atoms with E-state index in [2.05, 4.69) is 19.7 Å². The maximum Gasteiger partial charge on any atom is 0.688 e. The van der Waals surface area contributed by atoms with E-state index in [1.807, 2.05) is 27.7 Å². The van der Waals surface area contributed by atoms with Gasteiger partial charge < -0.3 is 31.9 Å². The zero-order chi connectivity index (χ0) is 21.3. The van der Waals surface area contributed by atoms with Crippen LogP contribution in [0.15, 0.2) is 38.5 Å². The summed E-state index contributed by atoms with van der Waals surface area (Å²) in [4.78, 5) is 0. The van der Waals surface area contributed by atoms with Gasteiger partial charge in [-0.05, 0) is 6.92 Å². The Hall–Kier alpha value is -1.32. The Balaban J connectivity index is 5.78. The van der Waals surface area contributed by atoms with Gasteiger partial charge in [-0.2, -0.15) is 0 Å². The van der Waals surface area contributed by atoms with Crippen LogP contribution >= 0.6 is 0 Å². The van der Waals surface area contributed by atoms with E-state index < -0.39 is 27.9 Å². The molecular weight excluding hydrogens is 380 g/mol. The van der Waals surface area contributed by atoms with Gasteiger partial charge in [0, 0.05) is 25.9 Å². The van der Waals surface area contributed by atoms with Crippen molar-refractivity contribution < 1.29 is 31.9 Å². The largest absolute Gasteiger partial charge is 0.688 e. The quantitative estimate of drug-likeness (QED) is 0.150. The fourth-order valence-corrected chi connectivity index (χ4v) is 4.55. The number of hydrogen-bond donors (Lipinski definition) is 0. The number of ether oxygens (including phenoxy) is 3. The minimum atomic E-state index is -3.73. The molecule has 28 heavy (non-hydrogen) atoms. The summed E-state index contributed by atoms with van der Waals surface area (Å²) >= 11 is 0. The molecule has 0 saturated heterocycles. The first kappa shape index (κ1) is 26.7. The normalized spacial score (nSPS) is 16.3. The van der Waals surface area contributed by atoms with Crippen LogP contribution in [0.1, 0.15) is 66.2 Å². The lowest BCUT2D eigenvalue weighted by atomic mass is 10.3. The second kappa shape index (κ2) is 16.6. The Kier molecular flexibility index (Phi) is 15.8. The minimum absolute atomic E-state index is 0.318. The van der Waals surface area contributed by atoms with Crippen LogP contribution < -0.4 is 0 Å². The van der Waals surface area contributed by atoms with Gasteiger partial charge in [-0.1, -0.05) is 59.8 Å². The van der Waals surface area contributed by atoms with Crippen molar-refractivity contribution in [1.29, 1.82) is 0 Å². The van der Waals surface area contributed by atoms with Gasteiger partial charge in [-0.15, -0.1) is 0 Å². The predicted octanol–water partition coefficient (Wildman–Crippen LogP) is 5.37.